The first-order chi connectivity index (χ1) is 6.20. The minimum atomic E-state index is -0.558. The SMILES string of the molecule is N#Cc1cc2sc(Cl)nc2cc1F. The van der Waals surface area contributed by atoms with E-state index in [1.54, 1.807) is 6.07 Å². The van der Waals surface area contributed by atoms with Gasteiger partial charge < -0.3 is 0 Å². The van der Waals surface area contributed by atoms with Crippen molar-refractivity contribution >= 4 is 33.2 Å². The normalized spacial score (nSPS) is 10.2. The van der Waals surface area contributed by atoms with Crippen LogP contribution >= 0.6 is 22.9 Å². The van der Waals surface area contributed by atoms with E-state index >= 15 is 0 Å². The summed E-state index contributed by atoms with van der Waals surface area (Å²) in [6.07, 6.45) is 0. The van der Waals surface area contributed by atoms with Crippen molar-refractivity contribution in [2.24, 2.45) is 0 Å². The van der Waals surface area contributed by atoms with Gasteiger partial charge in [0.05, 0.1) is 15.8 Å². The van der Waals surface area contributed by atoms with Crippen LogP contribution in [0.1, 0.15) is 5.56 Å². The standard InChI is InChI=1S/C8H2ClFN2S/c9-8-12-6-2-5(10)4(3-11)1-7(6)13-8/h1-2H. The molecule has 0 fully saturated rings. The van der Waals surface area contributed by atoms with Crippen molar-refractivity contribution in [2.45, 2.75) is 0 Å². The fourth-order valence-corrected chi connectivity index (χ4v) is 2.06. The zero-order chi connectivity index (χ0) is 9.42. The lowest BCUT2D eigenvalue weighted by molar-refractivity contribution is 0.625. The molecule has 0 N–H and O–H groups in total. The zero-order valence-electron chi connectivity index (χ0n) is 6.21. The molecule has 0 amide bonds. The van der Waals surface area contributed by atoms with E-state index in [-0.39, 0.29) is 5.56 Å². The molecular weight excluding hydrogens is 211 g/mol. The van der Waals surface area contributed by atoms with Crippen LogP contribution in [0.25, 0.3) is 10.2 Å². The van der Waals surface area contributed by atoms with Crippen molar-refractivity contribution in [2.75, 3.05) is 0 Å². The summed E-state index contributed by atoms with van der Waals surface area (Å²) < 4.78 is 14.1. The van der Waals surface area contributed by atoms with Gasteiger partial charge in [-0.1, -0.05) is 11.6 Å². The lowest BCUT2D eigenvalue weighted by Crippen LogP contribution is -1.81. The fraction of sp³-hybridized carbons (Fsp3) is 0. The highest BCUT2D eigenvalue weighted by Gasteiger charge is 2.07. The second-order valence-corrected chi connectivity index (χ2v) is 3.99. The highest BCUT2D eigenvalue weighted by atomic mass is 35.5. The number of halogens is 2. The molecule has 1 heterocycles. The van der Waals surface area contributed by atoms with Crippen LogP contribution in [0.5, 0.6) is 0 Å². The van der Waals surface area contributed by atoms with Gasteiger partial charge in [0, 0.05) is 6.07 Å². The maximum atomic E-state index is 13.0. The summed E-state index contributed by atoms with van der Waals surface area (Å²) in [6, 6.07) is 4.43. The Bertz CT molecular complexity index is 515. The van der Waals surface area contributed by atoms with Crippen molar-refractivity contribution in [1.82, 2.24) is 4.98 Å². The predicted molar refractivity (Wildman–Crippen MR) is 49.3 cm³/mol. The summed E-state index contributed by atoms with van der Waals surface area (Å²) in [5.74, 6) is -0.558. The second-order valence-electron chi connectivity index (χ2n) is 2.38. The fourth-order valence-electron chi connectivity index (χ4n) is 1.01. The van der Waals surface area contributed by atoms with Gasteiger partial charge in [0.25, 0.3) is 0 Å². The molecule has 1 aromatic heterocycles. The van der Waals surface area contributed by atoms with Crippen LogP contribution in [0.3, 0.4) is 0 Å². The largest absolute Gasteiger partial charge is 0.225 e. The molecule has 0 atom stereocenters. The molecule has 0 spiro atoms. The molecule has 0 aliphatic carbocycles. The van der Waals surface area contributed by atoms with E-state index in [9.17, 15) is 4.39 Å². The van der Waals surface area contributed by atoms with E-state index in [4.69, 9.17) is 16.9 Å². The predicted octanol–water partition coefficient (Wildman–Crippen LogP) is 2.96. The number of rotatable bonds is 0. The molecule has 64 valence electrons. The minimum absolute atomic E-state index is 0.0211. The molecule has 2 aromatic rings. The average molecular weight is 213 g/mol. The molecule has 0 unspecified atom stereocenters. The van der Waals surface area contributed by atoms with Gasteiger partial charge in [0.2, 0.25) is 0 Å². The smallest absolute Gasteiger partial charge is 0.184 e. The Morgan fingerprint density at radius 1 is 1.54 bits per heavy atom. The Balaban J connectivity index is 2.82. The molecule has 0 saturated heterocycles. The van der Waals surface area contributed by atoms with Gasteiger partial charge in [-0.15, -0.1) is 11.3 Å². The van der Waals surface area contributed by atoms with Crippen LogP contribution in [-0.4, -0.2) is 4.98 Å². The maximum absolute atomic E-state index is 13.0. The van der Waals surface area contributed by atoms with E-state index < -0.39 is 5.82 Å². The lowest BCUT2D eigenvalue weighted by atomic mass is 10.2. The molecule has 2 rings (SSSR count). The van der Waals surface area contributed by atoms with Crippen molar-refractivity contribution in [3.63, 3.8) is 0 Å². The number of thiazole rings is 1. The molecule has 13 heavy (non-hydrogen) atoms. The van der Waals surface area contributed by atoms with Crippen molar-refractivity contribution in [1.29, 1.82) is 5.26 Å². The van der Waals surface area contributed by atoms with Crippen molar-refractivity contribution < 1.29 is 4.39 Å². The number of aromatic nitrogens is 1. The van der Waals surface area contributed by atoms with E-state index in [0.717, 1.165) is 4.70 Å². The zero-order valence-corrected chi connectivity index (χ0v) is 7.79. The van der Waals surface area contributed by atoms with E-state index in [2.05, 4.69) is 4.98 Å². The number of nitrogens with zero attached hydrogens (tertiary/aromatic N) is 2. The molecule has 0 radical (unpaired) electrons. The number of hydrogen-bond acceptors (Lipinski definition) is 3. The Morgan fingerprint density at radius 3 is 3.00 bits per heavy atom. The maximum Gasteiger partial charge on any atom is 0.184 e. The van der Waals surface area contributed by atoms with Crippen molar-refractivity contribution in [3.8, 4) is 6.07 Å². The number of nitriles is 1. The van der Waals surface area contributed by atoms with E-state index in [1.807, 2.05) is 0 Å². The van der Waals surface area contributed by atoms with Gasteiger partial charge in [0.1, 0.15) is 11.9 Å². The van der Waals surface area contributed by atoms with Crippen LogP contribution in [0.4, 0.5) is 4.39 Å². The lowest BCUT2D eigenvalue weighted by Gasteiger charge is -1.91. The van der Waals surface area contributed by atoms with Crippen LogP contribution in [0, 0.1) is 17.1 Å². The molecule has 0 aliphatic rings. The molecule has 5 heteroatoms. The summed E-state index contributed by atoms with van der Waals surface area (Å²) in [5.41, 5.74) is 0.513. The second kappa shape index (κ2) is 2.95. The molecule has 1 aromatic carbocycles. The third kappa shape index (κ3) is 1.37. The summed E-state index contributed by atoms with van der Waals surface area (Å²) in [6.45, 7) is 0. The molecule has 0 bridgehead atoms. The van der Waals surface area contributed by atoms with E-state index in [0.29, 0.717) is 9.98 Å². The third-order valence-corrected chi connectivity index (χ3v) is 2.69. The first-order valence-electron chi connectivity index (χ1n) is 3.36. The van der Waals surface area contributed by atoms with Crippen LogP contribution < -0.4 is 0 Å². The molecule has 0 aliphatic heterocycles. The summed E-state index contributed by atoms with van der Waals surface area (Å²) in [4.78, 5) is 3.88. The van der Waals surface area contributed by atoms with Crippen LogP contribution in [0.2, 0.25) is 4.47 Å². The first kappa shape index (κ1) is 8.42. The Labute approximate surface area is 82.2 Å². The number of benzene rings is 1. The van der Waals surface area contributed by atoms with Gasteiger partial charge in [-0.05, 0) is 6.07 Å². The topological polar surface area (TPSA) is 36.7 Å². The minimum Gasteiger partial charge on any atom is -0.225 e. The molecule has 2 nitrogen and oxygen atoms in total. The van der Waals surface area contributed by atoms with Crippen molar-refractivity contribution in [3.05, 3.63) is 28.0 Å². The molecule has 0 saturated carbocycles. The number of hydrogen-bond donors (Lipinski definition) is 0. The van der Waals surface area contributed by atoms with Gasteiger partial charge in [-0.3, -0.25) is 0 Å². The van der Waals surface area contributed by atoms with E-state index in [1.165, 1.54) is 23.5 Å². The Hall–Kier alpha value is -1.18. The van der Waals surface area contributed by atoms with Gasteiger partial charge >= 0.3 is 0 Å². The highest BCUT2D eigenvalue weighted by molar-refractivity contribution is 7.22. The summed E-state index contributed by atoms with van der Waals surface area (Å²) in [7, 11) is 0. The third-order valence-electron chi connectivity index (χ3n) is 1.57. The Morgan fingerprint density at radius 2 is 2.31 bits per heavy atom. The first-order valence-corrected chi connectivity index (χ1v) is 4.56. The summed E-state index contributed by atoms with van der Waals surface area (Å²) >= 11 is 6.86. The quantitative estimate of drug-likeness (QED) is 0.673. The van der Waals surface area contributed by atoms with Gasteiger partial charge in [0.15, 0.2) is 4.47 Å². The van der Waals surface area contributed by atoms with Crippen LogP contribution in [-0.2, 0) is 0 Å². The average Bonchev–Trinajstić information content (AvgIpc) is 2.42. The monoisotopic (exact) mass is 212 g/mol. The molecular formula is C8H2ClFN2S. The number of fused-ring (bicyclic) bond motifs is 1. The Kier molecular flexibility index (Phi) is 1.91. The summed E-state index contributed by atoms with van der Waals surface area (Å²) in [5, 5.41) is 8.55. The van der Waals surface area contributed by atoms with Crippen LogP contribution in [0.15, 0.2) is 12.1 Å². The van der Waals surface area contributed by atoms with Gasteiger partial charge in [-0.25, -0.2) is 9.37 Å². The highest BCUT2D eigenvalue weighted by Crippen LogP contribution is 2.27. The van der Waals surface area contributed by atoms with Gasteiger partial charge in [-0.2, -0.15) is 5.26 Å².